The van der Waals surface area contributed by atoms with E-state index in [1.54, 1.807) is 6.92 Å². The van der Waals surface area contributed by atoms with Crippen LogP contribution in [0.3, 0.4) is 0 Å². The van der Waals surface area contributed by atoms with Gasteiger partial charge in [0.15, 0.2) is 0 Å². The minimum absolute atomic E-state index is 0. The summed E-state index contributed by atoms with van der Waals surface area (Å²) in [5, 5.41) is 0. The Morgan fingerprint density at radius 3 is 2.64 bits per heavy atom. The molecule has 2 N–H and O–H groups in total. The number of hydrogen-bond acceptors (Lipinski definition) is 4. The van der Waals surface area contributed by atoms with E-state index in [2.05, 4.69) is 33.1 Å². The zero-order valence-electron chi connectivity index (χ0n) is 14.1. The number of H-pyrrole nitrogens is 2. The first-order valence-corrected chi connectivity index (χ1v) is 8.12. The third kappa shape index (κ3) is 4.61. The van der Waals surface area contributed by atoms with Gasteiger partial charge in [-0.25, -0.2) is 9.59 Å². The maximum Gasteiger partial charge on any atom is 0.356 e. The molecular weight excluding hydrogens is 342 g/mol. The highest BCUT2D eigenvalue weighted by Gasteiger charge is 2.20. The van der Waals surface area contributed by atoms with Gasteiger partial charge in [-0.1, -0.05) is 36.4 Å². The summed E-state index contributed by atoms with van der Waals surface area (Å²) in [5.41, 5.74) is 3.00. The van der Waals surface area contributed by atoms with Crippen molar-refractivity contribution in [3.05, 3.63) is 63.8 Å². The van der Waals surface area contributed by atoms with Gasteiger partial charge in [0.25, 0.3) is 0 Å². The Kier molecular flexibility index (Phi) is 6.61. The minimum atomic E-state index is -0.497. The zero-order valence-corrected chi connectivity index (χ0v) is 14.9. The summed E-state index contributed by atoms with van der Waals surface area (Å²) in [6.07, 6.45) is 3.14. The van der Waals surface area contributed by atoms with Crippen molar-refractivity contribution < 1.29 is 9.53 Å². The fraction of sp³-hybridized carbons (Fsp3) is 0.333. The number of nitrogens with one attached hydrogen (secondary N) is 2. The second kappa shape index (κ2) is 8.69. The molecule has 2 aromatic rings. The molecule has 0 fully saturated rings. The summed E-state index contributed by atoms with van der Waals surface area (Å²) in [5.74, 6) is -0.497. The van der Waals surface area contributed by atoms with E-state index in [1.165, 1.54) is 11.1 Å². The fourth-order valence-corrected chi connectivity index (χ4v) is 2.91. The molecule has 1 aliphatic heterocycles. The van der Waals surface area contributed by atoms with E-state index in [4.69, 9.17) is 4.74 Å². The SMILES string of the molecule is CCOC(=O)c1[nH]c(=O)[nH]c1CN1CC=C(c2ccccc2)CC1.Cl. The molecule has 3 rings (SSSR count). The smallest absolute Gasteiger partial charge is 0.356 e. The molecule has 7 heteroatoms. The van der Waals surface area contributed by atoms with Crippen LogP contribution in [0.25, 0.3) is 5.57 Å². The van der Waals surface area contributed by atoms with Crippen LogP contribution in [0, 0.1) is 0 Å². The van der Waals surface area contributed by atoms with Crippen LogP contribution in [0.1, 0.15) is 35.1 Å². The lowest BCUT2D eigenvalue weighted by atomic mass is 9.99. The van der Waals surface area contributed by atoms with Gasteiger partial charge < -0.3 is 9.72 Å². The highest BCUT2D eigenvalue weighted by atomic mass is 35.5. The van der Waals surface area contributed by atoms with E-state index in [1.807, 2.05) is 18.2 Å². The Morgan fingerprint density at radius 1 is 1.24 bits per heavy atom. The monoisotopic (exact) mass is 363 g/mol. The van der Waals surface area contributed by atoms with E-state index in [0.29, 0.717) is 12.2 Å². The van der Waals surface area contributed by atoms with Crippen molar-refractivity contribution in [3.8, 4) is 0 Å². The first-order chi connectivity index (χ1) is 11.7. The Bertz CT molecular complexity index is 795. The van der Waals surface area contributed by atoms with Crippen molar-refractivity contribution in [1.82, 2.24) is 14.9 Å². The van der Waals surface area contributed by atoms with E-state index in [-0.39, 0.29) is 30.4 Å². The molecule has 6 nitrogen and oxygen atoms in total. The third-order valence-corrected chi connectivity index (χ3v) is 4.10. The van der Waals surface area contributed by atoms with Crippen LogP contribution >= 0.6 is 12.4 Å². The maximum atomic E-state index is 11.9. The molecule has 0 amide bonds. The standard InChI is InChI=1S/C18H21N3O3.ClH/c1-2-24-17(22)16-15(19-18(23)20-16)12-21-10-8-14(9-11-21)13-6-4-3-5-7-13;/h3-8H,2,9-12H2,1H3,(H2,19,20,23);1H. The van der Waals surface area contributed by atoms with Crippen molar-refractivity contribution in [2.24, 2.45) is 0 Å². The molecule has 1 aromatic heterocycles. The van der Waals surface area contributed by atoms with Crippen molar-refractivity contribution in [3.63, 3.8) is 0 Å². The molecule has 0 atom stereocenters. The zero-order chi connectivity index (χ0) is 16.9. The second-order valence-corrected chi connectivity index (χ2v) is 5.73. The quantitative estimate of drug-likeness (QED) is 0.800. The van der Waals surface area contributed by atoms with Crippen LogP contribution in [0.5, 0.6) is 0 Å². The van der Waals surface area contributed by atoms with Gasteiger partial charge in [0, 0.05) is 19.6 Å². The second-order valence-electron chi connectivity index (χ2n) is 5.73. The lowest BCUT2D eigenvalue weighted by Gasteiger charge is -2.26. The summed E-state index contributed by atoms with van der Waals surface area (Å²) < 4.78 is 4.99. The fourth-order valence-electron chi connectivity index (χ4n) is 2.91. The minimum Gasteiger partial charge on any atom is -0.461 e. The summed E-state index contributed by atoms with van der Waals surface area (Å²) >= 11 is 0. The van der Waals surface area contributed by atoms with Crippen molar-refractivity contribution in [2.45, 2.75) is 19.9 Å². The molecule has 134 valence electrons. The van der Waals surface area contributed by atoms with Gasteiger partial charge in [0.05, 0.1) is 12.3 Å². The van der Waals surface area contributed by atoms with Gasteiger partial charge in [-0.05, 0) is 24.5 Å². The average molecular weight is 364 g/mol. The Hall–Kier alpha value is -2.31. The number of benzene rings is 1. The molecule has 25 heavy (non-hydrogen) atoms. The molecule has 0 spiro atoms. The van der Waals surface area contributed by atoms with Gasteiger partial charge in [-0.2, -0.15) is 0 Å². The number of rotatable bonds is 5. The third-order valence-electron chi connectivity index (χ3n) is 4.10. The Labute approximate surface area is 152 Å². The number of ether oxygens (including phenoxy) is 1. The van der Waals surface area contributed by atoms with Gasteiger partial charge in [0.2, 0.25) is 0 Å². The first-order valence-electron chi connectivity index (χ1n) is 8.12. The van der Waals surface area contributed by atoms with E-state index < -0.39 is 5.97 Å². The summed E-state index contributed by atoms with van der Waals surface area (Å²) in [6, 6.07) is 10.3. The van der Waals surface area contributed by atoms with Crippen molar-refractivity contribution in [1.29, 1.82) is 0 Å². The number of imidazole rings is 1. The van der Waals surface area contributed by atoms with Gasteiger partial charge in [-0.3, -0.25) is 9.88 Å². The number of halogens is 1. The molecule has 0 radical (unpaired) electrons. The molecule has 1 aliphatic rings. The highest BCUT2D eigenvalue weighted by molar-refractivity contribution is 5.88. The van der Waals surface area contributed by atoms with Gasteiger partial charge in [-0.15, -0.1) is 12.4 Å². The molecular formula is C18H22ClN3O3. The molecule has 0 saturated heterocycles. The van der Waals surface area contributed by atoms with Crippen LogP contribution in [0.15, 0.2) is 41.2 Å². The molecule has 0 aliphatic carbocycles. The summed E-state index contributed by atoms with van der Waals surface area (Å²) in [4.78, 5) is 30.9. The molecule has 0 bridgehead atoms. The molecule has 2 heterocycles. The van der Waals surface area contributed by atoms with Crippen LogP contribution in [-0.4, -0.2) is 40.5 Å². The predicted octanol–water partition coefficient (Wildman–Crippen LogP) is 2.59. The Balaban J connectivity index is 0.00000225. The maximum absolute atomic E-state index is 11.9. The summed E-state index contributed by atoms with van der Waals surface area (Å²) in [7, 11) is 0. The topological polar surface area (TPSA) is 78.2 Å². The lowest BCUT2D eigenvalue weighted by Crippen LogP contribution is -2.29. The van der Waals surface area contributed by atoms with E-state index >= 15 is 0 Å². The number of esters is 1. The van der Waals surface area contributed by atoms with E-state index in [9.17, 15) is 9.59 Å². The number of carbonyl (C=O) groups is 1. The lowest BCUT2D eigenvalue weighted by molar-refractivity contribution is 0.0517. The van der Waals surface area contributed by atoms with Crippen LogP contribution in [0.4, 0.5) is 0 Å². The van der Waals surface area contributed by atoms with Crippen LogP contribution in [-0.2, 0) is 11.3 Å². The normalized spacial score (nSPS) is 14.5. The van der Waals surface area contributed by atoms with Gasteiger partial charge in [0.1, 0.15) is 5.69 Å². The first kappa shape index (κ1) is 19.0. The highest BCUT2D eigenvalue weighted by Crippen LogP contribution is 2.22. The molecule has 0 unspecified atom stereocenters. The van der Waals surface area contributed by atoms with Crippen molar-refractivity contribution >= 4 is 23.9 Å². The number of hydrogen-bond donors (Lipinski definition) is 2. The van der Waals surface area contributed by atoms with Crippen LogP contribution in [0.2, 0.25) is 0 Å². The van der Waals surface area contributed by atoms with Gasteiger partial charge >= 0.3 is 11.7 Å². The average Bonchev–Trinajstić information content (AvgIpc) is 2.97. The van der Waals surface area contributed by atoms with Crippen molar-refractivity contribution in [2.75, 3.05) is 19.7 Å². The summed E-state index contributed by atoms with van der Waals surface area (Å²) in [6.45, 7) is 4.17. The van der Waals surface area contributed by atoms with E-state index in [0.717, 1.165) is 19.5 Å². The predicted molar refractivity (Wildman–Crippen MR) is 98.9 cm³/mol. The Morgan fingerprint density at radius 2 is 2.00 bits per heavy atom. The van der Waals surface area contributed by atoms with Crippen LogP contribution < -0.4 is 5.69 Å². The number of aromatic amines is 2. The molecule has 0 saturated carbocycles. The number of aromatic nitrogens is 2. The number of carbonyl (C=O) groups excluding carboxylic acids is 1. The molecule has 1 aromatic carbocycles. The number of nitrogens with zero attached hydrogens (tertiary/aromatic N) is 1. The largest absolute Gasteiger partial charge is 0.461 e.